The first-order valence-corrected chi connectivity index (χ1v) is 7.36. The Kier molecular flexibility index (Phi) is 5.38. The van der Waals surface area contributed by atoms with E-state index in [4.69, 9.17) is 14.7 Å². The molecule has 0 saturated carbocycles. The lowest BCUT2D eigenvalue weighted by Crippen LogP contribution is -2.25. The smallest absolute Gasteiger partial charge is 0.274 e. The molecular formula is C18H19N3O3. The number of nitriles is 1. The Hall–Kier alpha value is -3.07. The van der Waals surface area contributed by atoms with Crippen molar-refractivity contribution < 1.29 is 14.3 Å². The molecular weight excluding hydrogens is 306 g/mol. The van der Waals surface area contributed by atoms with Crippen molar-refractivity contribution in [3.05, 3.63) is 52.3 Å². The summed E-state index contributed by atoms with van der Waals surface area (Å²) in [4.78, 5) is 16.5. The second-order valence-electron chi connectivity index (χ2n) is 5.31. The van der Waals surface area contributed by atoms with Crippen LogP contribution >= 0.6 is 0 Å². The van der Waals surface area contributed by atoms with Gasteiger partial charge in [0.2, 0.25) is 0 Å². The van der Waals surface area contributed by atoms with Crippen molar-refractivity contribution in [1.82, 2.24) is 10.3 Å². The van der Waals surface area contributed by atoms with Crippen LogP contribution in [0, 0.1) is 25.2 Å². The lowest BCUT2D eigenvalue weighted by Gasteiger charge is -2.13. The van der Waals surface area contributed by atoms with Gasteiger partial charge in [-0.15, -0.1) is 0 Å². The average Bonchev–Trinajstić information content (AvgIpc) is 2.59. The van der Waals surface area contributed by atoms with Crippen LogP contribution in [0.4, 0.5) is 0 Å². The van der Waals surface area contributed by atoms with Crippen LogP contribution in [0.25, 0.3) is 0 Å². The van der Waals surface area contributed by atoms with E-state index in [0.29, 0.717) is 23.6 Å². The maximum absolute atomic E-state index is 12.4. The highest BCUT2D eigenvalue weighted by Crippen LogP contribution is 2.22. The maximum atomic E-state index is 12.4. The molecule has 0 aliphatic rings. The van der Waals surface area contributed by atoms with Gasteiger partial charge in [0.15, 0.2) is 11.4 Å². The van der Waals surface area contributed by atoms with Crippen molar-refractivity contribution in [2.75, 3.05) is 14.2 Å². The molecule has 0 aliphatic carbocycles. The lowest BCUT2D eigenvalue weighted by atomic mass is 9.99. The number of aryl methyl sites for hydroxylation is 2. The molecule has 6 nitrogen and oxygen atoms in total. The Bertz CT molecular complexity index is 787. The first kappa shape index (κ1) is 17.3. The molecule has 0 saturated heterocycles. The number of methoxy groups -OCH3 is 2. The fraction of sp³-hybridized carbons (Fsp3) is 0.278. The highest BCUT2D eigenvalue weighted by Gasteiger charge is 2.16. The van der Waals surface area contributed by atoms with Crippen LogP contribution in [0.5, 0.6) is 11.5 Å². The zero-order chi connectivity index (χ0) is 17.7. The summed E-state index contributed by atoms with van der Waals surface area (Å²) in [6.45, 7) is 4.18. The van der Waals surface area contributed by atoms with Crippen LogP contribution < -0.4 is 14.8 Å². The molecule has 1 heterocycles. The van der Waals surface area contributed by atoms with Gasteiger partial charge in [0, 0.05) is 12.6 Å². The molecule has 1 N–H and O–H groups in total. The van der Waals surface area contributed by atoms with E-state index in [9.17, 15) is 4.79 Å². The van der Waals surface area contributed by atoms with Crippen LogP contribution in [0.15, 0.2) is 24.4 Å². The molecule has 0 spiro atoms. The predicted molar refractivity (Wildman–Crippen MR) is 89.1 cm³/mol. The van der Waals surface area contributed by atoms with Gasteiger partial charge in [-0.25, -0.2) is 4.98 Å². The minimum absolute atomic E-state index is 0.197. The Morgan fingerprint density at radius 1 is 1.21 bits per heavy atom. The van der Waals surface area contributed by atoms with E-state index in [1.807, 2.05) is 13.8 Å². The van der Waals surface area contributed by atoms with Crippen molar-refractivity contribution in [2.24, 2.45) is 0 Å². The molecule has 0 radical (unpaired) electrons. The molecule has 6 heteroatoms. The maximum Gasteiger partial charge on any atom is 0.274 e. The quantitative estimate of drug-likeness (QED) is 0.913. The van der Waals surface area contributed by atoms with Crippen molar-refractivity contribution >= 4 is 5.91 Å². The number of carbonyl (C=O) groups excluding carboxylic acids is 1. The van der Waals surface area contributed by atoms with Gasteiger partial charge >= 0.3 is 0 Å². The molecule has 0 bridgehead atoms. The summed E-state index contributed by atoms with van der Waals surface area (Å²) in [5, 5.41) is 11.8. The topological polar surface area (TPSA) is 84.2 Å². The highest BCUT2D eigenvalue weighted by atomic mass is 16.5. The van der Waals surface area contributed by atoms with Gasteiger partial charge in [0.05, 0.1) is 32.0 Å². The minimum atomic E-state index is -0.335. The number of nitrogens with one attached hydrogen (secondary N) is 1. The number of ether oxygens (including phenoxy) is 2. The van der Waals surface area contributed by atoms with Gasteiger partial charge in [-0.1, -0.05) is 0 Å². The number of hydrogen-bond donors (Lipinski definition) is 1. The first-order chi connectivity index (χ1) is 11.5. The monoisotopic (exact) mass is 325 g/mol. The second-order valence-corrected chi connectivity index (χ2v) is 5.31. The molecule has 1 aromatic heterocycles. The van der Waals surface area contributed by atoms with Gasteiger partial charge in [-0.2, -0.15) is 5.26 Å². The third kappa shape index (κ3) is 3.63. The van der Waals surface area contributed by atoms with Crippen LogP contribution in [0.3, 0.4) is 0 Å². The van der Waals surface area contributed by atoms with E-state index in [1.165, 1.54) is 20.4 Å². The third-order valence-corrected chi connectivity index (χ3v) is 3.75. The van der Waals surface area contributed by atoms with E-state index in [2.05, 4.69) is 16.4 Å². The van der Waals surface area contributed by atoms with Gasteiger partial charge in [-0.05, 0) is 42.7 Å². The predicted octanol–water partition coefficient (Wildman–Crippen LogP) is 2.52. The second kappa shape index (κ2) is 7.47. The zero-order valence-electron chi connectivity index (χ0n) is 14.1. The molecule has 2 aromatic rings. The molecule has 0 atom stereocenters. The SMILES string of the molecule is COc1cnc(C(=O)NCc2c(C)cc(C#N)cc2C)c(OC)c1. The standard InChI is InChI=1S/C18H19N3O3/c1-11-5-13(8-19)6-12(2)15(11)10-21-18(22)17-16(24-4)7-14(23-3)9-20-17/h5-7,9H,10H2,1-4H3,(H,21,22). The molecule has 0 aliphatic heterocycles. The van der Waals surface area contributed by atoms with Crippen LogP contribution in [0.2, 0.25) is 0 Å². The van der Waals surface area contributed by atoms with Crippen LogP contribution in [-0.2, 0) is 6.54 Å². The van der Waals surface area contributed by atoms with Crippen molar-refractivity contribution in [3.63, 3.8) is 0 Å². The number of carbonyl (C=O) groups is 1. The van der Waals surface area contributed by atoms with E-state index < -0.39 is 0 Å². The van der Waals surface area contributed by atoms with Gasteiger partial charge < -0.3 is 14.8 Å². The van der Waals surface area contributed by atoms with Crippen LogP contribution in [-0.4, -0.2) is 25.1 Å². The number of hydrogen-bond acceptors (Lipinski definition) is 5. The van der Waals surface area contributed by atoms with Crippen LogP contribution in [0.1, 0.15) is 32.7 Å². The first-order valence-electron chi connectivity index (χ1n) is 7.36. The largest absolute Gasteiger partial charge is 0.495 e. The fourth-order valence-corrected chi connectivity index (χ4v) is 2.45. The average molecular weight is 325 g/mol. The van der Waals surface area contributed by atoms with E-state index in [-0.39, 0.29) is 11.6 Å². The number of pyridine rings is 1. The van der Waals surface area contributed by atoms with Gasteiger partial charge in [0.25, 0.3) is 5.91 Å². The number of amides is 1. The molecule has 0 fully saturated rings. The molecule has 1 amide bonds. The molecule has 0 unspecified atom stereocenters. The Morgan fingerprint density at radius 3 is 2.42 bits per heavy atom. The highest BCUT2D eigenvalue weighted by molar-refractivity contribution is 5.95. The molecule has 24 heavy (non-hydrogen) atoms. The zero-order valence-corrected chi connectivity index (χ0v) is 14.1. The van der Waals surface area contributed by atoms with E-state index in [0.717, 1.165) is 16.7 Å². The number of nitrogens with zero attached hydrogens (tertiary/aromatic N) is 2. The summed E-state index contributed by atoms with van der Waals surface area (Å²) in [6, 6.07) is 7.35. The lowest BCUT2D eigenvalue weighted by molar-refractivity contribution is 0.0942. The number of rotatable bonds is 5. The van der Waals surface area contributed by atoms with E-state index in [1.54, 1.807) is 18.2 Å². The molecule has 1 aromatic carbocycles. The Balaban J connectivity index is 2.19. The van der Waals surface area contributed by atoms with Crippen molar-refractivity contribution in [1.29, 1.82) is 5.26 Å². The van der Waals surface area contributed by atoms with Crippen molar-refractivity contribution in [3.8, 4) is 17.6 Å². The van der Waals surface area contributed by atoms with Crippen molar-refractivity contribution in [2.45, 2.75) is 20.4 Å². The van der Waals surface area contributed by atoms with Gasteiger partial charge in [-0.3, -0.25) is 4.79 Å². The summed E-state index contributed by atoms with van der Waals surface area (Å²) in [7, 11) is 2.99. The Morgan fingerprint density at radius 2 is 1.88 bits per heavy atom. The minimum Gasteiger partial charge on any atom is -0.495 e. The summed E-state index contributed by atoms with van der Waals surface area (Å²) in [5.74, 6) is 0.528. The Labute approximate surface area is 141 Å². The normalized spacial score (nSPS) is 9.96. The summed E-state index contributed by atoms with van der Waals surface area (Å²) in [5.41, 5.74) is 3.71. The summed E-state index contributed by atoms with van der Waals surface area (Å²) >= 11 is 0. The van der Waals surface area contributed by atoms with Gasteiger partial charge in [0.1, 0.15) is 5.75 Å². The summed E-state index contributed by atoms with van der Waals surface area (Å²) < 4.78 is 10.3. The third-order valence-electron chi connectivity index (χ3n) is 3.75. The number of benzene rings is 1. The number of aromatic nitrogens is 1. The van der Waals surface area contributed by atoms with E-state index >= 15 is 0 Å². The summed E-state index contributed by atoms with van der Waals surface area (Å²) in [6.07, 6.45) is 1.47. The molecule has 2 rings (SSSR count). The fourth-order valence-electron chi connectivity index (χ4n) is 2.45. The molecule has 124 valence electrons.